The maximum absolute atomic E-state index is 12.1. The van der Waals surface area contributed by atoms with Gasteiger partial charge in [-0.15, -0.1) is 0 Å². The van der Waals surface area contributed by atoms with Gasteiger partial charge in [-0.25, -0.2) is 0 Å². The van der Waals surface area contributed by atoms with Gasteiger partial charge in [0.2, 0.25) is 5.91 Å². The Kier molecular flexibility index (Phi) is 6.53. The molecule has 0 aromatic rings. The van der Waals surface area contributed by atoms with Crippen LogP contribution >= 0.6 is 0 Å². The predicted molar refractivity (Wildman–Crippen MR) is 83.0 cm³/mol. The molecule has 1 amide bonds. The zero-order chi connectivity index (χ0) is 15.3. The van der Waals surface area contributed by atoms with Crippen molar-refractivity contribution in [2.75, 3.05) is 6.54 Å². The minimum atomic E-state index is -0.145. The highest BCUT2D eigenvalue weighted by molar-refractivity contribution is 5.76. The molecule has 0 aromatic carbocycles. The number of amides is 1. The molecule has 0 aliphatic rings. The summed E-state index contributed by atoms with van der Waals surface area (Å²) in [4.78, 5) is 12.1. The minimum Gasteiger partial charge on any atom is -0.351 e. The van der Waals surface area contributed by atoms with Gasteiger partial charge in [0, 0.05) is 12.0 Å². The Morgan fingerprint density at radius 2 is 1.53 bits per heavy atom. The maximum atomic E-state index is 12.1. The molecular formula is C16H34N2O. The van der Waals surface area contributed by atoms with Crippen LogP contribution in [0.3, 0.4) is 0 Å². The van der Waals surface area contributed by atoms with E-state index in [9.17, 15) is 4.79 Å². The van der Waals surface area contributed by atoms with Gasteiger partial charge in [0.25, 0.3) is 0 Å². The molecule has 3 N–H and O–H groups in total. The zero-order valence-corrected chi connectivity index (χ0v) is 14.0. The van der Waals surface area contributed by atoms with Gasteiger partial charge in [-0.2, -0.15) is 0 Å². The van der Waals surface area contributed by atoms with E-state index in [0.29, 0.717) is 13.0 Å². The van der Waals surface area contributed by atoms with E-state index >= 15 is 0 Å². The highest BCUT2D eigenvalue weighted by Gasteiger charge is 2.27. The summed E-state index contributed by atoms with van der Waals surface area (Å²) in [5.41, 5.74) is 5.82. The Bertz CT molecular complexity index is 288. The summed E-state index contributed by atoms with van der Waals surface area (Å²) in [6.07, 6.45) is 3.41. The van der Waals surface area contributed by atoms with Crippen LogP contribution < -0.4 is 11.1 Å². The van der Waals surface area contributed by atoms with E-state index < -0.39 is 0 Å². The Hall–Kier alpha value is -0.570. The van der Waals surface area contributed by atoms with Crippen LogP contribution in [-0.4, -0.2) is 18.0 Å². The third-order valence-corrected chi connectivity index (χ3v) is 3.30. The SMILES string of the molecule is CC(C)(C)CC(C)(C)NC(=O)CCC(C)(C)CCN. The second-order valence-electron chi connectivity index (χ2n) is 8.37. The largest absolute Gasteiger partial charge is 0.351 e. The van der Waals surface area contributed by atoms with E-state index in [1.807, 2.05) is 0 Å². The molecular weight excluding hydrogens is 236 g/mol. The summed E-state index contributed by atoms with van der Waals surface area (Å²) >= 11 is 0. The maximum Gasteiger partial charge on any atom is 0.220 e. The van der Waals surface area contributed by atoms with E-state index in [1.165, 1.54) is 0 Å². The summed E-state index contributed by atoms with van der Waals surface area (Å²) in [7, 11) is 0. The van der Waals surface area contributed by atoms with Crippen molar-refractivity contribution in [3.63, 3.8) is 0 Å². The lowest BCUT2D eigenvalue weighted by Crippen LogP contribution is -2.46. The van der Waals surface area contributed by atoms with E-state index in [1.54, 1.807) is 0 Å². The van der Waals surface area contributed by atoms with E-state index in [4.69, 9.17) is 5.73 Å². The first-order chi connectivity index (χ1) is 8.37. The van der Waals surface area contributed by atoms with E-state index in [2.05, 4.69) is 53.8 Å². The summed E-state index contributed by atoms with van der Waals surface area (Å²) < 4.78 is 0. The highest BCUT2D eigenvalue weighted by atomic mass is 16.1. The van der Waals surface area contributed by atoms with Crippen LogP contribution in [0.25, 0.3) is 0 Å². The van der Waals surface area contributed by atoms with E-state index in [-0.39, 0.29) is 22.3 Å². The molecule has 0 spiro atoms. The summed E-state index contributed by atoms with van der Waals surface area (Å²) in [5.74, 6) is 0.152. The van der Waals surface area contributed by atoms with Crippen LogP contribution in [0.15, 0.2) is 0 Å². The topological polar surface area (TPSA) is 55.1 Å². The molecule has 19 heavy (non-hydrogen) atoms. The van der Waals surface area contributed by atoms with Crippen molar-refractivity contribution < 1.29 is 4.79 Å². The highest BCUT2D eigenvalue weighted by Crippen LogP contribution is 2.28. The molecule has 0 radical (unpaired) electrons. The number of carbonyl (C=O) groups excluding carboxylic acids is 1. The standard InChI is InChI=1S/C16H34N2O/c1-14(2,3)12-16(6,7)18-13(19)8-9-15(4,5)10-11-17/h8-12,17H2,1-7H3,(H,18,19). The molecule has 0 aliphatic heterocycles. The molecule has 0 aliphatic carbocycles. The number of nitrogens with one attached hydrogen (secondary N) is 1. The van der Waals surface area contributed by atoms with Crippen LogP contribution in [0.4, 0.5) is 0 Å². The third kappa shape index (κ3) is 9.94. The quantitative estimate of drug-likeness (QED) is 0.744. The molecule has 3 nitrogen and oxygen atoms in total. The van der Waals surface area contributed by atoms with Crippen molar-refractivity contribution in [1.29, 1.82) is 0 Å². The monoisotopic (exact) mass is 270 g/mol. The van der Waals surface area contributed by atoms with Gasteiger partial charge in [0.1, 0.15) is 0 Å². The first kappa shape index (κ1) is 18.4. The molecule has 0 fully saturated rings. The fourth-order valence-electron chi connectivity index (χ4n) is 2.78. The second kappa shape index (κ2) is 6.74. The summed E-state index contributed by atoms with van der Waals surface area (Å²) in [5, 5.41) is 3.16. The zero-order valence-electron chi connectivity index (χ0n) is 14.0. The first-order valence-electron chi connectivity index (χ1n) is 7.38. The Labute approximate surface area is 119 Å². The molecule has 0 rings (SSSR count). The molecule has 0 saturated carbocycles. The van der Waals surface area contributed by atoms with Gasteiger partial charge in [-0.3, -0.25) is 4.79 Å². The smallest absolute Gasteiger partial charge is 0.220 e. The van der Waals surface area contributed by atoms with Crippen molar-refractivity contribution >= 4 is 5.91 Å². The third-order valence-electron chi connectivity index (χ3n) is 3.30. The van der Waals surface area contributed by atoms with Crippen LogP contribution in [0, 0.1) is 10.8 Å². The molecule has 0 bridgehead atoms. The van der Waals surface area contributed by atoms with Crippen molar-refractivity contribution in [1.82, 2.24) is 5.32 Å². The summed E-state index contributed by atoms with van der Waals surface area (Å²) in [6.45, 7) is 15.8. The number of hydrogen-bond donors (Lipinski definition) is 2. The molecule has 0 aromatic heterocycles. The fourth-order valence-corrected chi connectivity index (χ4v) is 2.78. The number of nitrogens with two attached hydrogens (primary N) is 1. The Morgan fingerprint density at radius 3 is 1.95 bits per heavy atom. The Balaban J connectivity index is 4.24. The number of carbonyl (C=O) groups is 1. The molecule has 0 atom stereocenters. The van der Waals surface area contributed by atoms with Crippen molar-refractivity contribution in [3.8, 4) is 0 Å². The fraction of sp³-hybridized carbons (Fsp3) is 0.938. The van der Waals surface area contributed by atoms with Gasteiger partial charge in [-0.1, -0.05) is 34.6 Å². The van der Waals surface area contributed by atoms with Crippen LogP contribution in [0.1, 0.15) is 74.1 Å². The number of hydrogen-bond acceptors (Lipinski definition) is 2. The lowest BCUT2D eigenvalue weighted by atomic mass is 9.81. The average molecular weight is 270 g/mol. The first-order valence-corrected chi connectivity index (χ1v) is 7.38. The van der Waals surface area contributed by atoms with Crippen LogP contribution in [-0.2, 0) is 4.79 Å². The van der Waals surface area contributed by atoms with E-state index in [0.717, 1.165) is 19.3 Å². The molecule has 114 valence electrons. The predicted octanol–water partition coefficient (Wildman–Crippen LogP) is 3.47. The average Bonchev–Trinajstić information content (AvgIpc) is 2.09. The summed E-state index contributed by atoms with van der Waals surface area (Å²) in [6, 6.07) is 0. The van der Waals surface area contributed by atoms with Gasteiger partial charge < -0.3 is 11.1 Å². The Morgan fingerprint density at radius 1 is 1.00 bits per heavy atom. The van der Waals surface area contributed by atoms with Gasteiger partial charge in [0.15, 0.2) is 0 Å². The minimum absolute atomic E-state index is 0.145. The van der Waals surface area contributed by atoms with Gasteiger partial charge >= 0.3 is 0 Å². The number of rotatable bonds is 7. The van der Waals surface area contributed by atoms with Crippen LogP contribution in [0.5, 0.6) is 0 Å². The molecule has 0 unspecified atom stereocenters. The normalized spacial score (nSPS) is 13.5. The lowest BCUT2D eigenvalue weighted by Gasteiger charge is -2.34. The molecule has 0 heterocycles. The van der Waals surface area contributed by atoms with Crippen molar-refractivity contribution in [2.24, 2.45) is 16.6 Å². The van der Waals surface area contributed by atoms with Crippen molar-refractivity contribution in [3.05, 3.63) is 0 Å². The van der Waals surface area contributed by atoms with Crippen molar-refractivity contribution in [2.45, 2.75) is 79.7 Å². The van der Waals surface area contributed by atoms with Gasteiger partial charge in [0.05, 0.1) is 0 Å². The molecule has 0 saturated heterocycles. The van der Waals surface area contributed by atoms with Gasteiger partial charge in [-0.05, 0) is 50.5 Å². The lowest BCUT2D eigenvalue weighted by molar-refractivity contribution is -0.123. The van der Waals surface area contributed by atoms with Crippen LogP contribution in [0.2, 0.25) is 0 Å². The second-order valence-corrected chi connectivity index (χ2v) is 8.37. The molecule has 3 heteroatoms.